The van der Waals surface area contributed by atoms with E-state index in [1.807, 2.05) is 19.9 Å². The fourth-order valence-electron chi connectivity index (χ4n) is 1.00. The summed E-state index contributed by atoms with van der Waals surface area (Å²) in [5, 5.41) is 0. The van der Waals surface area contributed by atoms with E-state index in [1.54, 1.807) is 7.11 Å². The Kier molecular flexibility index (Phi) is 4.42. The van der Waals surface area contributed by atoms with E-state index in [1.165, 1.54) is 17.5 Å². The first-order chi connectivity index (χ1) is 5.40. The molecule has 2 rings (SSSR count). The average Bonchev–Trinajstić information content (AvgIpc) is 2.85. The van der Waals surface area contributed by atoms with Crippen LogP contribution in [0.5, 0.6) is 5.75 Å². The molecule has 0 aromatic heterocycles. The predicted octanol–water partition coefficient (Wildman–Crippen LogP) is 3.26. The minimum Gasteiger partial charge on any atom is -0.497 e. The molecule has 0 radical (unpaired) electrons. The first-order valence-electron chi connectivity index (χ1n) is 4.06. The van der Waals surface area contributed by atoms with Gasteiger partial charge in [-0.3, -0.25) is 0 Å². The summed E-state index contributed by atoms with van der Waals surface area (Å²) in [5.41, 5.74) is 2.91. The van der Waals surface area contributed by atoms with E-state index in [0.717, 1.165) is 5.75 Å². The van der Waals surface area contributed by atoms with Gasteiger partial charge >= 0.3 is 0 Å². The highest BCUT2D eigenvalue weighted by Crippen LogP contribution is 2.30. The molecule has 0 unspecified atom stereocenters. The lowest BCUT2D eigenvalue weighted by atomic mass is 10.3. The molecule has 0 saturated carbocycles. The second-order valence-corrected chi connectivity index (χ2v) is 2.31. The summed E-state index contributed by atoms with van der Waals surface area (Å²) in [5.74, 6) is 0.978. The Bertz CT molecular complexity index is 241. The maximum absolute atomic E-state index is 5.03. The maximum Gasteiger partial charge on any atom is 0.119 e. The summed E-state index contributed by atoms with van der Waals surface area (Å²) in [6.45, 7) is 4.00. The summed E-state index contributed by atoms with van der Waals surface area (Å²) >= 11 is 0. The fourth-order valence-corrected chi connectivity index (χ4v) is 1.00. The molecule has 0 heterocycles. The summed E-state index contributed by atoms with van der Waals surface area (Å²) in [7, 11) is 1.70. The molecule has 0 saturated heterocycles. The quantitative estimate of drug-likeness (QED) is 0.631. The van der Waals surface area contributed by atoms with Gasteiger partial charge in [-0.25, -0.2) is 0 Å². The third-order valence-corrected chi connectivity index (χ3v) is 1.67. The molecule has 0 bridgehead atoms. The Hall–Kier alpha value is -0.980. The highest BCUT2D eigenvalue weighted by molar-refractivity contribution is 5.49. The van der Waals surface area contributed by atoms with Gasteiger partial charge in [-0.1, -0.05) is 27.3 Å². The zero-order chi connectivity index (χ0) is 8.27. The average molecular weight is 166 g/mol. The van der Waals surface area contributed by atoms with Crippen molar-refractivity contribution >= 4 is 0 Å². The Morgan fingerprint density at radius 2 is 1.83 bits per heavy atom. The number of hydrogen-bond acceptors (Lipinski definition) is 1. The van der Waals surface area contributed by atoms with Crippen LogP contribution < -0.4 is 4.74 Å². The second kappa shape index (κ2) is 4.81. The SMILES string of the molecule is C.CC.COc1ccc2c(c1)C2. The van der Waals surface area contributed by atoms with Gasteiger partial charge in [0.05, 0.1) is 7.11 Å². The van der Waals surface area contributed by atoms with Gasteiger partial charge < -0.3 is 4.74 Å². The molecular weight excluding hydrogens is 148 g/mol. The lowest BCUT2D eigenvalue weighted by molar-refractivity contribution is 0.415. The molecule has 0 N–H and O–H groups in total. The van der Waals surface area contributed by atoms with Crippen LogP contribution in [0.4, 0.5) is 0 Å². The molecular formula is C11H18O. The number of fused-ring (bicyclic) bond motifs is 1. The summed E-state index contributed by atoms with van der Waals surface area (Å²) in [6.07, 6.45) is 1.17. The van der Waals surface area contributed by atoms with Crippen molar-refractivity contribution in [1.29, 1.82) is 0 Å². The van der Waals surface area contributed by atoms with Crippen LogP contribution in [0, 0.1) is 0 Å². The largest absolute Gasteiger partial charge is 0.497 e. The lowest BCUT2D eigenvalue weighted by Crippen LogP contribution is -1.78. The zero-order valence-electron chi connectivity index (χ0n) is 7.35. The van der Waals surface area contributed by atoms with Gasteiger partial charge in [0.15, 0.2) is 0 Å². The summed E-state index contributed by atoms with van der Waals surface area (Å²) in [4.78, 5) is 0. The van der Waals surface area contributed by atoms with E-state index in [9.17, 15) is 0 Å². The van der Waals surface area contributed by atoms with Crippen molar-refractivity contribution in [2.45, 2.75) is 27.7 Å². The second-order valence-electron chi connectivity index (χ2n) is 2.31. The van der Waals surface area contributed by atoms with Gasteiger partial charge in [0.2, 0.25) is 0 Å². The van der Waals surface area contributed by atoms with Gasteiger partial charge in [-0.05, 0) is 29.7 Å². The monoisotopic (exact) mass is 166 g/mol. The molecule has 1 aliphatic rings. The molecule has 1 nitrogen and oxygen atoms in total. The van der Waals surface area contributed by atoms with Crippen LogP contribution in [0.15, 0.2) is 18.2 Å². The Morgan fingerprint density at radius 3 is 2.33 bits per heavy atom. The van der Waals surface area contributed by atoms with E-state index < -0.39 is 0 Å². The summed E-state index contributed by atoms with van der Waals surface area (Å²) < 4.78 is 5.03. The van der Waals surface area contributed by atoms with Crippen molar-refractivity contribution in [3.05, 3.63) is 29.3 Å². The van der Waals surface area contributed by atoms with E-state index >= 15 is 0 Å². The number of hydrogen-bond donors (Lipinski definition) is 0. The van der Waals surface area contributed by atoms with Crippen LogP contribution in [0.2, 0.25) is 0 Å². The van der Waals surface area contributed by atoms with Gasteiger partial charge in [-0.15, -0.1) is 0 Å². The normalized spacial score (nSPS) is 9.92. The van der Waals surface area contributed by atoms with Crippen LogP contribution in [-0.2, 0) is 6.42 Å². The zero-order valence-corrected chi connectivity index (χ0v) is 7.35. The van der Waals surface area contributed by atoms with Crippen molar-refractivity contribution in [3.63, 3.8) is 0 Å². The number of rotatable bonds is 1. The minimum atomic E-state index is 0. The predicted molar refractivity (Wildman–Crippen MR) is 53.9 cm³/mol. The van der Waals surface area contributed by atoms with Gasteiger partial charge in [0.25, 0.3) is 0 Å². The number of benzene rings is 1. The molecule has 1 aromatic carbocycles. The Balaban J connectivity index is 0.000000378. The molecule has 0 amide bonds. The first kappa shape index (κ1) is 11.0. The number of ether oxygens (including phenoxy) is 1. The van der Waals surface area contributed by atoms with E-state index in [2.05, 4.69) is 12.1 Å². The lowest BCUT2D eigenvalue weighted by Gasteiger charge is -1.93. The molecule has 0 aliphatic heterocycles. The molecule has 68 valence electrons. The maximum atomic E-state index is 5.03. The van der Waals surface area contributed by atoms with Crippen LogP contribution >= 0.6 is 0 Å². The molecule has 0 spiro atoms. The highest BCUT2D eigenvalue weighted by Gasteiger charge is 2.15. The van der Waals surface area contributed by atoms with Crippen LogP contribution in [0.25, 0.3) is 0 Å². The fraction of sp³-hybridized carbons (Fsp3) is 0.455. The van der Waals surface area contributed by atoms with Crippen molar-refractivity contribution in [2.75, 3.05) is 7.11 Å². The summed E-state index contributed by atoms with van der Waals surface area (Å²) in [6, 6.07) is 6.22. The van der Waals surface area contributed by atoms with E-state index in [4.69, 9.17) is 4.74 Å². The van der Waals surface area contributed by atoms with Gasteiger partial charge in [0, 0.05) is 0 Å². The molecule has 1 aliphatic carbocycles. The molecule has 0 atom stereocenters. The molecule has 1 heteroatoms. The first-order valence-corrected chi connectivity index (χ1v) is 4.06. The van der Waals surface area contributed by atoms with Crippen molar-refractivity contribution < 1.29 is 4.74 Å². The van der Waals surface area contributed by atoms with E-state index in [0.29, 0.717) is 0 Å². The Labute approximate surface area is 75.4 Å². The smallest absolute Gasteiger partial charge is 0.119 e. The third-order valence-electron chi connectivity index (χ3n) is 1.67. The third kappa shape index (κ3) is 2.26. The van der Waals surface area contributed by atoms with Crippen molar-refractivity contribution in [2.24, 2.45) is 0 Å². The van der Waals surface area contributed by atoms with Gasteiger partial charge in [0.1, 0.15) is 5.75 Å². The minimum absolute atomic E-state index is 0. The van der Waals surface area contributed by atoms with Crippen LogP contribution in [0.3, 0.4) is 0 Å². The van der Waals surface area contributed by atoms with Crippen molar-refractivity contribution in [3.8, 4) is 5.75 Å². The van der Waals surface area contributed by atoms with Crippen LogP contribution in [0.1, 0.15) is 32.4 Å². The molecule has 0 fully saturated rings. The molecule has 1 aromatic rings. The van der Waals surface area contributed by atoms with Crippen molar-refractivity contribution in [1.82, 2.24) is 0 Å². The Morgan fingerprint density at radius 1 is 1.17 bits per heavy atom. The number of methoxy groups -OCH3 is 1. The standard InChI is InChI=1S/C8H8O.C2H6.CH4/c1-9-8-3-2-6-4-7(6)5-8;1-2;/h2-3,5H,4H2,1H3;1-2H3;1H4. The topological polar surface area (TPSA) is 9.23 Å². The molecule has 12 heavy (non-hydrogen) atoms. The van der Waals surface area contributed by atoms with Crippen LogP contribution in [-0.4, -0.2) is 7.11 Å². The highest BCUT2D eigenvalue weighted by atomic mass is 16.5. The van der Waals surface area contributed by atoms with Gasteiger partial charge in [-0.2, -0.15) is 0 Å². The van der Waals surface area contributed by atoms with E-state index in [-0.39, 0.29) is 7.43 Å².